The Labute approximate surface area is 122 Å². The first kappa shape index (κ1) is 15.2. The predicted molar refractivity (Wildman–Crippen MR) is 71.9 cm³/mol. The van der Waals surface area contributed by atoms with Gasteiger partial charge in [0, 0.05) is 12.5 Å². The Balaban J connectivity index is 2.32. The van der Waals surface area contributed by atoms with Gasteiger partial charge in [-0.3, -0.25) is 14.9 Å². The highest BCUT2D eigenvalue weighted by atomic mass is 16.6. The number of nitro groups is 1. The van der Waals surface area contributed by atoms with Gasteiger partial charge in [0.1, 0.15) is 6.04 Å². The van der Waals surface area contributed by atoms with Crippen LogP contribution in [0.3, 0.4) is 0 Å². The highest BCUT2D eigenvalue weighted by Crippen LogP contribution is 2.29. The van der Waals surface area contributed by atoms with Crippen molar-refractivity contribution in [2.45, 2.75) is 18.9 Å². The van der Waals surface area contributed by atoms with E-state index in [-0.39, 0.29) is 35.2 Å². The minimum absolute atomic E-state index is 0.0273. The van der Waals surface area contributed by atoms with Crippen LogP contribution < -0.4 is 11.1 Å². The number of carbonyl (C=O) groups is 2. The first-order valence-corrected chi connectivity index (χ1v) is 6.07. The molecule has 1 atom stereocenters. The molecular formula is C11H11N5O6. The molecule has 1 amide bonds. The van der Waals surface area contributed by atoms with Crippen LogP contribution in [0.15, 0.2) is 16.8 Å². The van der Waals surface area contributed by atoms with Gasteiger partial charge in [-0.1, -0.05) is 0 Å². The Kier molecular flexibility index (Phi) is 4.15. The molecule has 0 aliphatic carbocycles. The summed E-state index contributed by atoms with van der Waals surface area (Å²) in [4.78, 5) is 32.1. The molecule has 0 spiro atoms. The normalized spacial score (nSPS) is 12.0. The van der Waals surface area contributed by atoms with Crippen molar-refractivity contribution in [3.8, 4) is 0 Å². The molecule has 0 saturated carbocycles. The Morgan fingerprint density at radius 2 is 2.09 bits per heavy atom. The summed E-state index contributed by atoms with van der Waals surface area (Å²) in [5, 5.41) is 29.6. The standard InChI is InChI=1S/C11H11N5O6/c12-8(17)4-2-6(11(18)19)13-5-1-3-7(16(20)21)10-9(5)14-22-15-10/h1,3,6,13H,2,4H2,(H2,12,17)(H,18,19)/t6-/m0/s1. The number of primary amides is 1. The molecular weight excluding hydrogens is 298 g/mol. The molecule has 1 heterocycles. The maximum atomic E-state index is 11.2. The number of carboxylic acids is 1. The molecule has 1 aromatic carbocycles. The van der Waals surface area contributed by atoms with Crippen LogP contribution in [0.1, 0.15) is 12.8 Å². The number of fused-ring (bicyclic) bond motifs is 1. The number of nitro benzene ring substituents is 1. The Morgan fingerprint density at radius 3 is 2.68 bits per heavy atom. The first-order chi connectivity index (χ1) is 10.4. The van der Waals surface area contributed by atoms with Gasteiger partial charge in [0.15, 0.2) is 5.52 Å². The summed E-state index contributed by atoms with van der Waals surface area (Å²) in [5.41, 5.74) is 4.79. The van der Waals surface area contributed by atoms with Crippen molar-refractivity contribution in [3.05, 3.63) is 22.2 Å². The van der Waals surface area contributed by atoms with E-state index in [4.69, 9.17) is 10.8 Å². The largest absolute Gasteiger partial charge is 0.480 e. The highest BCUT2D eigenvalue weighted by Gasteiger charge is 2.23. The van der Waals surface area contributed by atoms with Gasteiger partial charge < -0.3 is 16.2 Å². The van der Waals surface area contributed by atoms with E-state index in [1.54, 1.807) is 0 Å². The molecule has 0 unspecified atom stereocenters. The monoisotopic (exact) mass is 309 g/mol. The Hall–Kier alpha value is -3.24. The molecule has 116 valence electrons. The van der Waals surface area contributed by atoms with E-state index in [1.807, 2.05) is 0 Å². The summed E-state index contributed by atoms with van der Waals surface area (Å²) >= 11 is 0. The second-order valence-electron chi connectivity index (χ2n) is 4.39. The maximum absolute atomic E-state index is 11.2. The summed E-state index contributed by atoms with van der Waals surface area (Å²) in [5.74, 6) is -1.84. The number of rotatable bonds is 7. The van der Waals surface area contributed by atoms with Gasteiger partial charge in [-0.2, -0.15) is 0 Å². The number of hydrogen-bond donors (Lipinski definition) is 3. The van der Waals surface area contributed by atoms with E-state index in [9.17, 15) is 19.7 Å². The van der Waals surface area contributed by atoms with E-state index in [2.05, 4.69) is 20.3 Å². The van der Waals surface area contributed by atoms with Crippen LogP contribution in [0.25, 0.3) is 11.0 Å². The van der Waals surface area contributed by atoms with Crippen molar-refractivity contribution < 1.29 is 24.2 Å². The van der Waals surface area contributed by atoms with Crippen LogP contribution in [0.5, 0.6) is 0 Å². The summed E-state index contributed by atoms with van der Waals surface area (Å²) in [7, 11) is 0. The van der Waals surface area contributed by atoms with Crippen LogP contribution >= 0.6 is 0 Å². The third-order valence-electron chi connectivity index (χ3n) is 2.90. The van der Waals surface area contributed by atoms with Crippen molar-refractivity contribution >= 4 is 34.3 Å². The molecule has 0 fully saturated rings. The molecule has 0 aliphatic rings. The van der Waals surface area contributed by atoms with Crippen LogP contribution in [-0.4, -0.2) is 38.3 Å². The zero-order valence-corrected chi connectivity index (χ0v) is 11.1. The number of nitrogens with two attached hydrogens (primary N) is 1. The first-order valence-electron chi connectivity index (χ1n) is 6.07. The lowest BCUT2D eigenvalue weighted by Gasteiger charge is -2.14. The minimum Gasteiger partial charge on any atom is -0.480 e. The van der Waals surface area contributed by atoms with Gasteiger partial charge in [0.25, 0.3) is 0 Å². The molecule has 0 aliphatic heterocycles. The van der Waals surface area contributed by atoms with Crippen molar-refractivity contribution in [1.29, 1.82) is 0 Å². The summed E-state index contributed by atoms with van der Waals surface area (Å²) in [6.45, 7) is 0. The number of nitrogens with one attached hydrogen (secondary N) is 1. The molecule has 11 heteroatoms. The van der Waals surface area contributed by atoms with Gasteiger partial charge in [-0.15, -0.1) is 0 Å². The second-order valence-corrected chi connectivity index (χ2v) is 4.39. The fraction of sp³-hybridized carbons (Fsp3) is 0.273. The van der Waals surface area contributed by atoms with Gasteiger partial charge >= 0.3 is 11.7 Å². The van der Waals surface area contributed by atoms with E-state index in [0.29, 0.717) is 0 Å². The zero-order valence-electron chi connectivity index (χ0n) is 11.1. The molecule has 4 N–H and O–H groups in total. The lowest BCUT2D eigenvalue weighted by molar-refractivity contribution is -0.383. The number of amides is 1. The van der Waals surface area contributed by atoms with Crippen molar-refractivity contribution in [3.63, 3.8) is 0 Å². The zero-order chi connectivity index (χ0) is 16.3. The quantitative estimate of drug-likeness (QED) is 0.478. The highest BCUT2D eigenvalue weighted by molar-refractivity contribution is 5.94. The average molecular weight is 309 g/mol. The van der Waals surface area contributed by atoms with E-state index in [1.165, 1.54) is 6.07 Å². The number of carboxylic acid groups (broad SMARTS) is 1. The SMILES string of the molecule is NC(=O)CC[C@H](Nc1ccc([N+](=O)[O-])c2nonc12)C(=O)O. The molecule has 0 radical (unpaired) electrons. The molecule has 22 heavy (non-hydrogen) atoms. The predicted octanol–water partition coefficient (Wildman–Crippen LogP) is 0.262. The van der Waals surface area contributed by atoms with E-state index < -0.39 is 22.8 Å². The van der Waals surface area contributed by atoms with Crippen molar-refractivity contribution in [2.75, 3.05) is 5.32 Å². The van der Waals surface area contributed by atoms with Gasteiger partial charge in [-0.25, -0.2) is 9.42 Å². The van der Waals surface area contributed by atoms with Crippen molar-refractivity contribution in [2.24, 2.45) is 5.73 Å². The fourth-order valence-electron chi connectivity index (χ4n) is 1.85. The lowest BCUT2D eigenvalue weighted by Crippen LogP contribution is -2.30. The summed E-state index contributed by atoms with van der Waals surface area (Å²) in [6, 6.07) is 1.33. The number of hydrogen-bond acceptors (Lipinski definition) is 8. The van der Waals surface area contributed by atoms with Crippen LogP contribution in [-0.2, 0) is 9.59 Å². The smallest absolute Gasteiger partial charge is 0.326 e. The van der Waals surface area contributed by atoms with E-state index >= 15 is 0 Å². The van der Waals surface area contributed by atoms with Gasteiger partial charge in [0.2, 0.25) is 11.4 Å². The van der Waals surface area contributed by atoms with Crippen LogP contribution in [0, 0.1) is 10.1 Å². The Morgan fingerprint density at radius 1 is 1.41 bits per heavy atom. The molecule has 2 aromatic rings. The Bertz CT molecular complexity index is 742. The fourth-order valence-corrected chi connectivity index (χ4v) is 1.85. The number of benzene rings is 1. The third-order valence-corrected chi connectivity index (χ3v) is 2.90. The molecule has 0 saturated heterocycles. The minimum atomic E-state index is -1.20. The molecule has 1 aromatic heterocycles. The van der Waals surface area contributed by atoms with E-state index in [0.717, 1.165) is 6.07 Å². The maximum Gasteiger partial charge on any atom is 0.326 e. The summed E-state index contributed by atoms with van der Waals surface area (Å²) < 4.78 is 4.47. The number of aliphatic carboxylic acids is 1. The number of aromatic nitrogens is 2. The number of carbonyl (C=O) groups excluding carboxylic acids is 1. The third kappa shape index (κ3) is 3.08. The number of anilines is 1. The van der Waals surface area contributed by atoms with Gasteiger partial charge in [-0.05, 0) is 22.8 Å². The molecule has 0 bridgehead atoms. The van der Waals surface area contributed by atoms with Gasteiger partial charge in [0.05, 0.1) is 10.6 Å². The lowest BCUT2D eigenvalue weighted by atomic mass is 10.1. The average Bonchev–Trinajstić information content (AvgIpc) is 2.91. The number of nitrogens with zero attached hydrogens (tertiary/aromatic N) is 3. The van der Waals surface area contributed by atoms with Crippen LogP contribution in [0.4, 0.5) is 11.4 Å². The summed E-state index contributed by atoms with van der Waals surface area (Å²) in [6.07, 6.45) is -0.175. The van der Waals surface area contributed by atoms with Crippen LogP contribution in [0.2, 0.25) is 0 Å². The van der Waals surface area contributed by atoms with Crippen molar-refractivity contribution in [1.82, 2.24) is 10.3 Å². The molecule has 2 rings (SSSR count). The number of non-ortho nitro benzene ring substituents is 1. The topological polar surface area (TPSA) is 174 Å². The second kappa shape index (κ2) is 6.03. The molecule has 11 nitrogen and oxygen atoms in total.